The highest BCUT2D eigenvalue weighted by molar-refractivity contribution is 6.02. The molecule has 0 saturated carbocycles. The summed E-state index contributed by atoms with van der Waals surface area (Å²) in [6.07, 6.45) is 2.16. The molecule has 25 heavy (non-hydrogen) atoms. The zero-order chi connectivity index (χ0) is 17.7. The lowest BCUT2D eigenvalue weighted by Crippen LogP contribution is -2.31. The molecule has 0 fully saturated rings. The van der Waals surface area contributed by atoms with Crippen LogP contribution in [0.15, 0.2) is 40.1 Å². The van der Waals surface area contributed by atoms with Crippen LogP contribution in [0.1, 0.15) is 33.8 Å². The van der Waals surface area contributed by atoms with Crippen molar-refractivity contribution in [3.8, 4) is 0 Å². The monoisotopic (exact) mass is 339 g/mol. The van der Waals surface area contributed by atoms with Gasteiger partial charge in [-0.2, -0.15) is 0 Å². The van der Waals surface area contributed by atoms with Gasteiger partial charge in [-0.25, -0.2) is 14.2 Å². The molecule has 0 radical (unpaired) electrons. The average molecular weight is 339 g/mol. The maximum Gasteiger partial charge on any atom is 0.329 e. The number of nitrogens with zero attached hydrogens (tertiary/aromatic N) is 2. The molecule has 0 amide bonds. The fourth-order valence-electron chi connectivity index (χ4n) is 3.45. The molecule has 0 spiro atoms. The average Bonchev–Trinajstić information content (AvgIpc) is 2.59. The molecular formula is C18H14FN3O3. The number of benzene rings is 1. The lowest BCUT2D eigenvalue weighted by molar-refractivity contribution is 0.0964. The number of hydrogen-bond donors (Lipinski definition) is 1. The number of rotatable bonds is 1. The zero-order valence-electron chi connectivity index (χ0n) is 13.4. The number of aryl methyl sites for hydroxylation is 1. The first-order chi connectivity index (χ1) is 12.0. The third kappa shape index (κ3) is 2.39. The second kappa shape index (κ2) is 5.47. The summed E-state index contributed by atoms with van der Waals surface area (Å²) in [5.41, 5.74) is 0.992. The van der Waals surface area contributed by atoms with E-state index in [2.05, 4.69) is 9.97 Å². The number of aromatic amines is 1. The van der Waals surface area contributed by atoms with E-state index in [-0.39, 0.29) is 35.0 Å². The fourth-order valence-corrected chi connectivity index (χ4v) is 3.45. The van der Waals surface area contributed by atoms with Crippen molar-refractivity contribution < 1.29 is 9.18 Å². The Balaban J connectivity index is 1.94. The van der Waals surface area contributed by atoms with Gasteiger partial charge in [0.15, 0.2) is 5.78 Å². The van der Waals surface area contributed by atoms with Crippen molar-refractivity contribution in [3.63, 3.8) is 0 Å². The summed E-state index contributed by atoms with van der Waals surface area (Å²) in [6.45, 7) is 0. The highest BCUT2D eigenvalue weighted by atomic mass is 19.1. The van der Waals surface area contributed by atoms with E-state index >= 15 is 0 Å². The molecular weight excluding hydrogens is 325 g/mol. The van der Waals surface area contributed by atoms with E-state index in [0.717, 1.165) is 5.56 Å². The van der Waals surface area contributed by atoms with Crippen LogP contribution in [0.2, 0.25) is 0 Å². The number of carbonyl (C=O) groups excluding carboxylic acids is 1. The molecule has 3 aromatic rings. The predicted octanol–water partition coefficient (Wildman–Crippen LogP) is 1.67. The van der Waals surface area contributed by atoms with Crippen LogP contribution in [0.4, 0.5) is 4.39 Å². The molecule has 0 saturated heterocycles. The second-order valence-corrected chi connectivity index (χ2v) is 6.25. The Hall–Kier alpha value is -3.09. The van der Waals surface area contributed by atoms with E-state index in [0.29, 0.717) is 17.5 Å². The van der Waals surface area contributed by atoms with Crippen LogP contribution in [0.3, 0.4) is 0 Å². The van der Waals surface area contributed by atoms with Crippen LogP contribution in [0.5, 0.6) is 0 Å². The van der Waals surface area contributed by atoms with Gasteiger partial charge in [-0.05, 0) is 35.6 Å². The topological polar surface area (TPSA) is 84.8 Å². The van der Waals surface area contributed by atoms with Gasteiger partial charge in [0.1, 0.15) is 11.5 Å². The van der Waals surface area contributed by atoms with Gasteiger partial charge < -0.3 is 0 Å². The maximum absolute atomic E-state index is 13.2. The van der Waals surface area contributed by atoms with Crippen molar-refractivity contribution in [2.24, 2.45) is 7.05 Å². The van der Waals surface area contributed by atoms with Gasteiger partial charge in [0.2, 0.25) is 0 Å². The summed E-state index contributed by atoms with van der Waals surface area (Å²) in [7, 11) is 1.52. The Morgan fingerprint density at radius 3 is 2.60 bits per heavy atom. The lowest BCUT2D eigenvalue weighted by Gasteiger charge is -2.24. The number of aromatic nitrogens is 3. The van der Waals surface area contributed by atoms with Crippen LogP contribution in [-0.4, -0.2) is 20.3 Å². The highest BCUT2D eigenvalue weighted by Crippen LogP contribution is 2.34. The molecule has 2 heterocycles. The third-order valence-corrected chi connectivity index (χ3v) is 4.76. The number of ketones is 1. The van der Waals surface area contributed by atoms with E-state index in [1.54, 1.807) is 12.1 Å². The molecule has 126 valence electrons. The Bertz CT molecular complexity index is 1130. The number of pyridine rings is 1. The van der Waals surface area contributed by atoms with Crippen molar-refractivity contribution in [1.82, 2.24) is 14.5 Å². The van der Waals surface area contributed by atoms with Crippen LogP contribution in [0.25, 0.3) is 11.0 Å². The van der Waals surface area contributed by atoms with Gasteiger partial charge >= 0.3 is 5.69 Å². The molecule has 4 rings (SSSR count). The van der Waals surface area contributed by atoms with E-state index < -0.39 is 11.2 Å². The quantitative estimate of drug-likeness (QED) is 0.731. The standard InChI is InChI=1S/C18H14FN3O3/c1-22-16-15(17(24)21-18(22)25)12-6-10(7-14(23)13(12)8-20-16)9-2-4-11(19)5-3-9/h2-5,8,10H,6-7H2,1H3,(H,21,24,25)/t10-/m0/s1. The molecule has 7 heteroatoms. The Morgan fingerprint density at radius 1 is 1.16 bits per heavy atom. The molecule has 6 nitrogen and oxygen atoms in total. The Kier molecular flexibility index (Phi) is 3.38. The van der Waals surface area contributed by atoms with Crippen molar-refractivity contribution in [3.05, 3.63) is 73.8 Å². The molecule has 0 bridgehead atoms. The largest absolute Gasteiger partial charge is 0.329 e. The van der Waals surface area contributed by atoms with Crippen molar-refractivity contribution in [1.29, 1.82) is 0 Å². The first-order valence-electron chi connectivity index (χ1n) is 7.85. The zero-order valence-corrected chi connectivity index (χ0v) is 13.4. The summed E-state index contributed by atoms with van der Waals surface area (Å²) in [5.74, 6) is -0.603. The summed E-state index contributed by atoms with van der Waals surface area (Å²) in [4.78, 5) is 43.1. The van der Waals surface area contributed by atoms with Gasteiger partial charge in [-0.3, -0.25) is 19.1 Å². The van der Waals surface area contributed by atoms with Crippen molar-refractivity contribution in [2.45, 2.75) is 18.8 Å². The highest BCUT2D eigenvalue weighted by Gasteiger charge is 2.29. The Labute approximate surface area is 141 Å². The molecule has 0 unspecified atom stereocenters. The first kappa shape index (κ1) is 15.4. The smallest absolute Gasteiger partial charge is 0.294 e. The van der Waals surface area contributed by atoms with Crippen LogP contribution >= 0.6 is 0 Å². The third-order valence-electron chi connectivity index (χ3n) is 4.76. The summed E-state index contributed by atoms with van der Waals surface area (Å²) in [5, 5.41) is 0.264. The second-order valence-electron chi connectivity index (χ2n) is 6.25. The predicted molar refractivity (Wildman–Crippen MR) is 89.4 cm³/mol. The van der Waals surface area contributed by atoms with Crippen molar-refractivity contribution >= 4 is 16.8 Å². The number of hydrogen-bond acceptors (Lipinski definition) is 4. The van der Waals surface area contributed by atoms with Crippen LogP contribution in [-0.2, 0) is 13.5 Å². The molecule has 0 aliphatic heterocycles. The van der Waals surface area contributed by atoms with E-state index in [9.17, 15) is 18.8 Å². The van der Waals surface area contributed by atoms with Crippen LogP contribution in [0, 0.1) is 5.82 Å². The number of fused-ring (bicyclic) bond motifs is 3. The minimum atomic E-state index is -0.554. The molecule has 1 aliphatic rings. The molecule has 1 atom stereocenters. The minimum Gasteiger partial charge on any atom is -0.294 e. The SMILES string of the molecule is Cn1c(=O)[nH]c(=O)c2c3c(cnc21)C(=O)C[C@@H](c1ccc(F)cc1)C3. The molecule has 1 aliphatic carbocycles. The number of Topliss-reactive ketones (excluding diaryl/α,β-unsaturated/α-hetero) is 1. The first-order valence-corrected chi connectivity index (χ1v) is 7.85. The van der Waals surface area contributed by atoms with E-state index in [4.69, 9.17) is 0 Å². The molecule has 1 aromatic carbocycles. The van der Waals surface area contributed by atoms with E-state index in [1.165, 1.54) is 29.9 Å². The minimum absolute atomic E-state index is 0.113. The van der Waals surface area contributed by atoms with Gasteiger partial charge in [0.05, 0.1) is 5.39 Å². The number of H-pyrrole nitrogens is 1. The number of carbonyl (C=O) groups is 1. The lowest BCUT2D eigenvalue weighted by atomic mass is 9.79. The van der Waals surface area contributed by atoms with Crippen molar-refractivity contribution in [2.75, 3.05) is 0 Å². The molecule has 1 N–H and O–H groups in total. The van der Waals surface area contributed by atoms with Gasteiger partial charge in [-0.15, -0.1) is 0 Å². The Morgan fingerprint density at radius 2 is 1.88 bits per heavy atom. The van der Waals surface area contributed by atoms with Gasteiger partial charge in [0, 0.05) is 25.2 Å². The number of halogens is 1. The number of nitrogens with one attached hydrogen (secondary N) is 1. The van der Waals surface area contributed by atoms with Gasteiger partial charge in [0.25, 0.3) is 5.56 Å². The normalized spacial score (nSPS) is 16.9. The van der Waals surface area contributed by atoms with Crippen LogP contribution < -0.4 is 11.2 Å². The molecule has 2 aromatic heterocycles. The summed E-state index contributed by atoms with van der Waals surface area (Å²) < 4.78 is 14.4. The summed E-state index contributed by atoms with van der Waals surface area (Å²) in [6, 6.07) is 6.02. The van der Waals surface area contributed by atoms with E-state index in [1.807, 2.05) is 0 Å². The fraction of sp³-hybridized carbons (Fsp3) is 0.222. The summed E-state index contributed by atoms with van der Waals surface area (Å²) >= 11 is 0. The van der Waals surface area contributed by atoms with Gasteiger partial charge in [-0.1, -0.05) is 12.1 Å². The maximum atomic E-state index is 13.2.